The molecule has 0 spiro atoms. The number of nitrogens with zero attached hydrogens (tertiary/aromatic N) is 6. The minimum atomic E-state index is -4.65. The number of alkyl halides is 4. The predicted molar refractivity (Wildman–Crippen MR) is 200 cm³/mol. The Balaban J connectivity index is 1.25. The standard InChI is InChI=1S/C40H38F5N7O5/c1-5-27-28(42)11-9-23-15-26(53)16-30(33(23)27)51-20-29-34(57-37(51)55)35(47-21-39(13-7-8-14-39)50(4)32(54)6-2)49-36(48-29)56-22-38(3)17-24(41)19-52(38)25-10-12-31(46-18-25)40(43,44)45/h1,6,9-12,15-16,18,24,53H,2,7-8,13-14,17,19-22H2,3-4H3,(H,47,48,49)/t24-,38+/m1/s1. The number of pyridine rings is 1. The van der Waals surface area contributed by atoms with Crippen molar-refractivity contribution in [1.82, 2.24) is 19.9 Å². The molecule has 1 saturated heterocycles. The summed E-state index contributed by atoms with van der Waals surface area (Å²) in [6.45, 7) is 4.86. The molecule has 1 aliphatic carbocycles. The molecule has 2 aromatic heterocycles. The van der Waals surface area contributed by atoms with Crippen LogP contribution < -0.4 is 24.6 Å². The Bertz CT molecular complexity index is 2290. The summed E-state index contributed by atoms with van der Waals surface area (Å²) >= 11 is 0. The molecular formula is C40H38F5N7O5. The number of halogens is 5. The van der Waals surface area contributed by atoms with Crippen LogP contribution in [0.1, 0.15) is 56.0 Å². The van der Waals surface area contributed by atoms with E-state index in [0.717, 1.165) is 36.1 Å². The molecule has 2 N–H and O–H groups in total. The smallest absolute Gasteiger partial charge is 0.433 e. The van der Waals surface area contributed by atoms with Crippen molar-refractivity contribution in [2.45, 2.75) is 69.0 Å². The van der Waals surface area contributed by atoms with Crippen LogP contribution in [0.2, 0.25) is 0 Å². The van der Waals surface area contributed by atoms with Gasteiger partial charge in [-0.3, -0.25) is 9.69 Å². The van der Waals surface area contributed by atoms with Gasteiger partial charge in [0.05, 0.1) is 47.3 Å². The van der Waals surface area contributed by atoms with Crippen LogP contribution in [-0.2, 0) is 17.5 Å². The van der Waals surface area contributed by atoms with E-state index >= 15 is 4.39 Å². The topological polar surface area (TPSA) is 133 Å². The van der Waals surface area contributed by atoms with Gasteiger partial charge in [0.1, 0.15) is 35.7 Å². The fourth-order valence-electron chi connectivity index (χ4n) is 8.01. The Morgan fingerprint density at radius 3 is 2.65 bits per heavy atom. The van der Waals surface area contributed by atoms with Gasteiger partial charge in [-0.05, 0) is 55.5 Å². The molecule has 2 amide bonds. The highest BCUT2D eigenvalue weighted by Gasteiger charge is 2.45. The predicted octanol–water partition coefficient (Wildman–Crippen LogP) is 7.14. The molecule has 17 heteroatoms. The first-order chi connectivity index (χ1) is 27.1. The van der Waals surface area contributed by atoms with Crippen molar-refractivity contribution in [3.8, 4) is 29.9 Å². The molecule has 2 aromatic carbocycles. The maximum absolute atomic E-state index is 15.0. The number of aromatic hydroxyl groups is 1. The number of fused-ring (bicyclic) bond motifs is 2. The molecule has 298 valence electrons. The molecular weight excluding hydrogens is 753 g/mol. The highest BCUT2D eigenvalue weighted by molar-refractivity contribution is 6.06. The lowest BCUT2D eigenvalue weighted by Gasteiger charge is -2.39. The Kier molecular flexibility index (Phi) is 10.1. The number of phenolic OH excluding ortho intramolecular Hbond substituents is 1. The van der Waals surface area contributed by atoms with E-state index in [0.29, 0.717) is 18.2 Å². The molecule has 2 fully saturated rings. The second-order valence-electron chi connectivity index (χ2n) is 14.7. The summed E-state index contributed by atoms with van der Waals surface area (Å²) in [5.74, 6) is 1.10. The number of ether oxygens (including phenoxy) is 2. The van der Waals surface area contributed by atoms with Gasteiger partial charge >= 0.3 is 18.3 Å². The highest BCUT2D eigenvalue weighted by Crippen LogP contribution is 2.43. The van der Waals surface area contributed by atoms with Gasteiger partial charge in [0, 0.05) is 31.5 Å². The van der Waals surface area contributed by atoms with Crippen molar-refractivity contribution in [2.24, 2.45) is 0 Å². The molecule has 2 aliphatic heterocycles. The second kappa shape index (κ2) is 14.7. The number of phenols is 1. The molecule has 2 atom stereocenters. The summed E-state index contributed by atoms with van der Waals surface area (Å²) in [5, 5.41) is 14.4. The van der Waals surface area contributed by atoms with Crippen LogP contribution >= 0.6 is 0 Å². The summed E-state index contributed by atoms with van der Waals surface area (Å²) in [7, 11) is 1.68. The third kappa shape index (κ3) is 7.31. The van der Waals surface area contributed by atoms with E-state index in [4.69, 9.17) is 15.9 Å². The van der Waals surface area contributed by atoms with Crippen LogP contribution in [0.25, 0.3) is 10.8 Å². The lowest BCUT2D eigenvalue weighted by Crippen LogP contribution is -2.51. The Labute approximate surface area is 324 Å². The maximum Gasteiger partial charge on any atom is 0.433 e. The summed E-state index contributed by atoms with van der Waals surface area (Å²) < 4.78 is 81.8. The zero-order valence-electron chi connectivity index (χ0n) is 31.0. The average Bonchev–Trinajstić information content (AvgIpc) is 3.79. The summed E-state index contributed by atoms with van der Waals surface area (Å²) in [6, 6.07) is 7.03. The van der Waals surface area contributed by atoms with E-state index in [1.165, 1.54) is 30.3 Å². The number of carbonyl (C=O) groups is 2. The van der Waals surface area contributed by atoms with E-state index in [1.54, 1.807) is 23.8 Å². The molecule has 7 rings (SSSR count). The van der Waals surface area contributed by atoms with Gasteiger partial charge in [0.25, 0.3) is 0 Å². The summed E-state index contributed by atoms with van der Waals surface area (Å²) in [4.78, 5) is 43.6. The average molecular weight is 792 g/mol. The number of amides is 2. The van der Waals surface area contributed by atoms with Gasteiger partial charge in [0.15, 0.2) is 11.6 Å². The number of anilines is 3. The van der Waals surface area contributed by atoms with Crippen molar-refractivity contribution in [1.29, 1.82) is 0 Å². The Hall–Kier alpha value is -6.18. The summed E-state index contributed by atoms with van der Waals surface area (Å²) in [5.41, 5.74) is -2.52. The first kappa shape index (κ1) is 39.1. The van der Waals surface area contributed by atoms with Crippen LogP contribution in [0.5, 0.6) is 17.5 Å². The lowest BCUT2D eigenvalue weighted by molar-refractivity contribution is -0.141. The van der Waals surface area contributed by atoms with E-state index in [9.17, 15) is 32.3 Å². The third-order valence-corrected chi connectivity index (χ3v) is 11.0. The van der Waals surface area contributed by atoms with E-state index in [2.05, 4.69) is 32.8 Å². The molecule has 0 radical (unpaired) electrons. The van der Waals surface area contributed by atoms with Crippen LogP contribution in [0, 0.1) is 18.2 Å². The number of carbonyl (C=O) groups excluding carboxylic acids is 2. The number of likely N-dealkylation sites (N-methyl/N-ethyl adjacent to an activating group) is 1. The SMILES string of the molecule is C#Cc1c(F)ccc2cc(O)cc(N3Cc4nc(OC[C@]5(C)C[C@@H](F)CN5c5ccc(C(F)(F)F)nc5)nc(NCC5(N(C)C(=O)C=C)CCCC5)c4OC3=O)c12. The largest absolute Gasteiger partial charge is 0.508 e. The van der Waals surface area contributed by atoms with E-state index < -0.39 is 41.0 Å². The van der Waals surface area contributed by atoms with Crippen molar-refractivity contribution < 1.29 is 46.1 Å². The number of nitrogens with one attached hydrogen (secondary N) is 1. The number of rotatable bonds is 10. The van der Waals surface area contributed by atoms with Gasteiger partial charge in [-0.25, -0.2) is 18.6 Å². The van der Waals surface area contributed by atoms with Crippen molar-refractivity contribution in [3.05, 3.63) is 78.0 Å². The van der Waals surface area contributed by atoms with Gasteiger partial charge in [0.2, 0.25) is 5.91 Å². The van der Waals surface area contributed by atoms with Crippen LogP contribution in [0.4, 0.5) is 43.9 Å². The van der Waals surface area contributed by atoms with Crippen molar-refractivity contribution >= 4 is 40.0 Å². The number of terminal acetylenes is 1. The van der Waals surface area contributed by atoms with Crippen molar-refractivity contribution in [2.75, 3.05) is 41.9 Å². The number of hydrogen-bond acceptors (Lipinski definition) is 10. The van der Waals surface area contributed by atoms with E-state index in [-0.39, 0.29) is 89.9 Å². The number of hydrogen-bond donors (Lipinski definition) is 2. The highest BCUT2D eigenvalue weighted by atomic mass is 19.4. The zero-order chi connectivity index (χ0) is 40.9. The number of benzene rings is 2. The monoisotopic (exact) mass is 791 g/mol. The molecule has 4 aromatic rings. The molecule has 57 heavy (non-hydrogen) atoms. The molecule has 1 saturated carbocycles. The van der Waals surface area contributed by atoms with Gasteiger partial charge in [-0.1, -0.05) is 31.4 Å². The van der Waals surface area contributed by atoms with Crippen LogP contribution in [0.3, 0.4) is 0 Å². The molecule has 0 bridgehead atoms. The van der Waals surface area contributed by atoms with Gasteiger partial charge in [-0.2, -0.15) is 23.1 Å². The van der Waals surface area contributed by atoms with Crippen LogP contribution in [-0.4, -0.2) is 81.0 Å². The molecule has 12 nitrogen and oxygen atoms in total. The number of aromatic nitrogens is 3. The quantitative estimate of drug-likeness (QED) is 0.0970. The Morgan fingerprint density at radius 1 is 1.23 bits per heavy atom. The molecule has 4 heterocycles. The fraction of sp³-hybridized carbons (Fsp3) is 0.375. The van der Waals surface area contributed by atoms with Crippen LogP contribution in [0.15, 0.2) is 55.3 Å². The minimum absolute atomic E-state index is 0.0414. The molecule has 0 unspecified atom stereocenters. The zero-order valence-corrected chi connectivity index (χ0v) is 31.0. The van der Waals surface area contributed by atoms with Gasteiger partial charge in [-0.15, -0.1) is 6.42 Å². The third-order valence-electron chi connectivity index (χ3n) is 11.0. The summed E-state index contributed by atoms with van der Waals surface area (Å²) in [6.07, 6.45) is 4.04. The second-order valence-corrected chi connectivity index (χ2v) is 14.7. The lowest BCUT2D eigenvalue weighted by atomic mass is 9.95. The fourth-order valence-corrected chi connectivity index (χ4v) is 8.01. The first-order valence-corrected chi connectivity index (χ1v) is 18.1. The molecule has 3 aliphatic rings. The van der Waals surface area contributed by atoms with Crippen molar-refractivity contribution in [3.63, 3.8) is 0 Å². The Morgan fingerprint density at radius 2 is 1.98 bits per heavy atom. The first-order valence-electron chi connectivity index (χ1n) is 18.1. The van der Waals surface area contributed by atoms with E-state index in [1.807, 2.05) is 0 Å². The minimum Gasteiger partial charge on any atom is -0.508 e. The maximum atomic E-state index is 15.0. The van der Waals surface area contributed by atoms with Gasteiger partial charge < -0.3 is 29.7 Å². The normalized spacial score (nSPS) is 20.2.